The van der Waals surface area contributed by atoms with E-state index in [2.05, 4.69) is 20.2 Å². The smallest absolute Gasteiger partial charge is 0.220 e. The third-order valence-corrected chi connectivity index (χ3v) is 4.73. The molecule has 1 aromatic heterocycles. The van der Waals surface area contributed by atoms with E-state index in [4.69, 9.17) is 11.6 Å². The number of amides is 1. The number of anilines is 1. The van der Waals surface area contributed by atoms with E-state index in [0.29, 0.717) is 25.2 Å². The SMILES string of the molecule is O=C(CCc1ccc(F)c(Cl)c1)NCc1nccc(N2CCCCC2)n1. The molecular formula is C19H22ClFN4O. The van der Waals surface area contributed by atoms with Crippen LogP contribution < -0.4 is 10.2 Å². The lowest BCUT2D eigenvalue weighted by atomic mass is 10.1. The fourth-order valence-electron chi connectivity index (χ4n) is 2.99. The summed E-state index contributed by atoms with van der Waals surface area (Å²) in [6.07, 6.45) is 6.17. The Morgan fingerprint density at radius 3 is 2.81 bits per heavy atom. The van der Waals surface area contributed by atoms with Gasteiger partial charge in [0.15, 0.2) is 0 Å². The van der Waals surface area contributed by atoms with Gasteiger partial charge in [-0.1, -0.05) is 17.7 Å². The first-order chi connectivity index (χ1) is 12.6. The van der Waals surface area contributed by atoms with Crippen molar-refractivity contribution in [2.45, 2.75) is 38.6 Å². The highest BCUT2D eigenvalue weighted by molar-refractivity contribution is 6.30. The van der Waals surface area contributed by atoms with Crippen molar-refractivity contribution in [3.63, 3.8) is 0 Å². The van der Waals surface area contributed by atoms with Crippen LogP contribution >= 0.6 is 11.6 Å². The third kappa shape index (κ3) is 5.14. The number of nitrogens with one attached hydrogen (secondary N) is 1. The molecule has 1 N–H and O–H groups in total. The molecule has 1 aromatic carbocycles. The third-order valence-electron chi connectivity index (χ3n) is 4.44. The number of nitrogens with zero attached hydrogens (tertiary/aromatic N) is 3. The minimum Gasteiger partial charge on any atom is -0.357 e. The van der Waals surface area contributed by atoms with E-state index in [1.807, 2.05) is 6.07 Å². The number of halogens is 2. The summed E-state index contributed by atoms with van der Waals surface area (Å²) in [5, 5.41) is 2.91. The van der Waals surface area contributed by atoms with Gasteiger partial charge >= 0.3 is 0 Å². The zero-order valence-electron chi connectivity index (χ0n) is 14.5. The first-order valence-corrected chi connectivity index (χ1v) is 9.27. The fraction of sp³-hybridized carbons (Fsp3) is 0.421. The minimum atomic E-state index is -0.453. The van der Waals surface area contributed by atoms with Crippen molar-refractivity contribution in [2.24, 2.45) is 0 Å². The Hall–Kier alpha value is -2.21. The Bertz CT molecular complexity index is 765. The van der Waals surface area contributed by atoms with Crippen molar-refractivity contribution in [3.8, 4) is 0 Å². The van der Waals surface area contributed by atoms with E-state index >= 15 is 0 Å². The van der Waals surface area contributed by atoms with Gasteiger partial charge in [-0.25, -0.2) is 14.4 Å². The van der Waals surface area contributed by atoms with Gasteiger partial charge in [-0.05, 0) is 49.4 Å². The second-order valence-electron chi connectivity index (χ2n) is 6.40. The van der Waals surface area contributed by atoms with E-state index < -0.39 is 5.82 Å². The Morgan fingerprint density at radius 1 is 1.23 bits per heavy atom. The summed E-state index contributed by atoms with van der Waals surface area (Å²) < 4.78 is 13.1. The Balaban J connectivity index is 1.48. The quantitative estimate of drug-likeness (QED) is 0.838. The predicted octanol–water partition coefficient (Wildman–Crippen LogP) is 3.51. The second kappa shape index (κ2) is 8.94. The van der Waals surface area contributed by atoms with Crippen LogP contribution in [0.3, 0.4) is 0 Å². The predicted molar refractivity (Wildman–Crippen MR) is 99.7 cm³/mol. The molecule has 1 amide bonds. The molecule has 0 spiro atoms. The normalized spacial score (nSPS) is 14.3. The van der Waals surface area contributed by atoms with Crippen LogP contribution in [0.1, 0.15) is 37.1 Å². The van der Waals surface area contributed by atoms with Gasteiger partial charge in [0.1, 0.15) is 17.5 Å². The molecule has 1 aliphatic heterocycles. The summed E-state index contributed by atoms with van der Waals surface area (Å²) in [5.74, 6) is 0.971. The van der Waals surface area contributed by atoms with Crippen molar-refractivity contribution in [1.82, 2.24) is 15.3 Å². The maximum atomic E-state index is 13.1. The number of hydrogen-bond acceptors (Lipinski definition) is 4. The van der Waals surface area contributed by atoms with Gasteiger partial charge in [0.2, 0.25) is 5.91 Å². The van der Waals surface area contributed by atoms with Gasteiger partial charge in [0.05, 0.1) is 11.6 Å². The molecule has 0 bridgehead atoms. The lowest BCUT2D eigenvalue weighted by Crippen LogP contribution is -2.31. The minimum absolute atomic E-state index is 0.0748. The molecule has 1 aliphatic rings. The molecule has 0 atom stereocenters. The Morgan fingerprint density at radius 2 is 2.04 bits per heavy atom. The summed E-state index contributed by atoms with van der Waals surface area (Å²) in [4.78, 5) is 23.1. The number of aryl methyl sites for hydroxylation is 1. The molecular weight excluding hydrogens is 355 g/mol. The van der Waals surface area contributed by atoms with Crippen LogP contribution in [0.5, 0.6) is 0 Å². The standard InChI is InChI=1S/C19H22ClFN4O/c20-15-12-14(4-6-16(15)21)5-7-19(26)23-13-17-22-9-8-18(24-17)25-10-2-1-3-11-25/h4,6,8-9,12H,1-3,5,7,10-11,13H2,(H,23,26). The largest absolute Gasteiger partial charge is 0.357 e. The van der Waals surface area contributed by atoms with Crippen LogP contribution in [0.25, 0.3) is 0 Å². The Labute approximate surface area is 157 Å². The number of carbonyl (C=O) groups is 1. The fourth-order valence-corrected chi connectivity index (χ4v) is 3.19. The van der Waals surface area contributed by atoms with Gasteiger partial charge < -0.3 is 10.2 Å². The van der Waals surface area contributed by atoms with E-state index in [0.717, 1.165) is 24.5 Å². The van der Waals surface area contributed by atoms with Crippen molar-refractivity contribution >= 4 is 23.3 Å². The van der Waals surface area contributed by atoms with Crippen LogP contribution in [0.4, 0.5) is 10.2 Å². The number of rotatable bonds is 6. The molecule has 3 rings (SSSR count). The van der Waals surface area contributed by atoms with Crippen LogP contribution in [-0.2, 0) is 17.8 Å². The monoisotopic (exact) mass is 376 g/mol. The van der Waals surface area contributed by atoms with Crippen LogP contribution in [0.2, 0.25) is 5.02 Å². The first kappa shape index (κ1) is 18.6. The van der Waals surface area contributed by atoms with E-state index in [1.165, 1.54) is 25.3 Å². The number of piperidine rings is 1. The second-order valence-corrected chi connectivity index (χ2v) is 6.81. The van der Waals surface area contributed by atoms with Crippen molar-refractivity contribution in [3.05, 3.63) is 52.7 Å². The summed E-state index contributed by atoms with van der Waals surface area (Å²) >= 11 is 5.75. The van der Waals surface area contributed by atoms with Gasteiger partial charge in [-0.2, -0.15) is 0 Å². The zero-order valence-corrected chi connectivity index (χ0v) is 15.3. The van der Waals surface area contributed by atoms with Crippen molar-refractivity contribution < 1.29 is 9.18 Å². The van der Waals surface area contributed by atoms with Crippen molar-refractivity contribution in [2.75, 3.05) is 18.0 Å². The molecule has 7 heteroatoms. The molecule has 1 fully saturated rings. The first-order valence-electron chi connectivity index (χ1n) is 8.89. The lowest BCUT2D eigenvalue weighted by molar-refractivity contribution is -0.121. The molecule has 5 nitrogen and oxygen atoms in total. The van der Waals surface area contributed by atoms with E-state index in [1.54, 1.807) is 18.3 Å². The highest BCUT2D eigenvalue weighted by Crippen LogP contribution is 2.18. The maximum absolute atomic E-state index is 13.1. The Kier molecular flexibility index (Phi) is 6.39. The van der Waals surface area contributed by atoms with Crippen LogP contribution in [0, 0.1) is 5.82 Å². The highest BCUT2D eigenvalue weighted by Gasteiger charge is 2.13. The van der Waals surface area contributed by atoms with E-state index in [9.17, 15) is 9.18 Å². The number of hydrogen-bond donors (Lipinski definition) is 1. The van der Waals surface area contributed by atoms with Gasteiger partial charge in [-0.15, -0.1) is 0 Å². The molecule has 138 valence electrons. The summed E-state index contributed by atoms with van der Waals surface area (Å²) in [6, 6.07) is 6.42. The van der Waals surface area contributed by atoms with Crippen LogP contribution in [0.15, 0.2) is 30.5 Å². The average molecular weight is 377 g/mol. The zero-order chi connectivity index (χ0) is 18.4. The number of benzene rings is 1. The topological polar surface area (TPSA) is 58.1 Å². The number of aromatic nitrogens is 2. The van der Waals surface area contributed by atoms with Gasteiger partial charge in [0.25, 0.3) is 0 Å². The summed E-state index contributed by atoms with van der Waals surface area (Å²) in [6.45, 7) is 2.33. The average Bonchev–Trinajstić information content (AvgIpc) is 2.68. The lowest BCUT2D eigenvalue weighted by Gasteiger charge is -2.27. The molecule has 26 heavy (non-hydrogen) atoms. The molecule has 0 aliphatic carbocycles. The van der Waals surface area contributed by atoms with Crippen LogP contribution in [-0.4, -0.2) is 29.0 Å². The van der Waals surface area contributed by atoms with Gasteiger partial charge in [0, 0.05) is 25.7 Å². The summed E-state index contributed by atoms with van der Waals surface area (Å²) in [7, 11) is 0. The molecule has 0 saturated carbocycles. The molecule has 2 aromatic rings. The van der Waals surface area contributed by atoms with E-state index in [-0.39, 0.29) is 10.9 Å². The maximum Gasteiger partial charge on any atom is 0.220 e. The molecule has 1 saturated heterocycles. The number of carbonyl (C=O) groups excluding carboxylic acids is 1. The van der Waals surface area contributed by atoms with Crippen molar-refractivity contribution in [1.29, 1.82) is 0 Å². The summed E-state index contributed by atoms with van der Waals surface area (Å²) in [5.41, 5.74) is 0.829. The molecule has 0 unspecified atom stereocenters. The van der Waals surface area contributed by atoms with Gasteiger partial charge in [-0.3, -0.25) is 4.79 Å². The molecule has 0 radical (unpaired) electrons. The highest BCUT2D eigenvalue weighted by atomic mass is 35.5. The molecule has 2 heterocycles.